The van der Waals surface area contributed by atoms with Crippen LogP contribution in [0.1, 0.15) is 46.4 Å². The maximum absolute atomic E-state index is 14.2. The van der Waals surface area contributed by atoms with E-state index in [9.17, 15) is 23.5 Å². The molecule has 3 aromatic rings. The summed E-state index contributed by atoms with van der Waals surface area (Å²) in [6.07, 6.45) is 2.38. The molecule has 5 rings (SSSR count). The smallest absolute Gasteiger partial charge is 0.276 e. The number of benzene rings is 2. The van der Waals surface area contributed by atoms with E-state index in [0.717, 1.165) is 12.6 Å². The Morgan fingerprint density at radius 2 is 1.68 bits per heavy atom. The van der Waals surface area contributed by atoms with Crippen molar-refractivity contribution in [3.05, 3.63) is 93.4 Å². The van der Waals surface area contributed by atoms with Crippen molar-refractivity contribution in [2.24, 2.45) is 0 Å². The fourth-order valence-corrected chi connectivity index (χ4v) is 4.93. The van der Waals surface area contributed by atoms with Crippen molar-refractivity contribution in [1.29, 1.82) is 0 Å². The number of halogens is 2. The highest BCUT2D eigenvalue weighted by Gasteiger charge is 2.48. The van der Waals surface area contributed by atoms with E-state index in [-0.39, 0.29) is 11.7 Å². The molecule has 0 aliphatic carbocycles. The number of hydrogen-bond acceptors (Lipinski definition) is 4. The van der Waals surface area contributed by atoms with Gasteiger partial charge in [-0.25, -0.2) is 8.78 Å². The minimum absolute atomic E-state index is 0.187. The lowest BCUT2D eigenvalue weighted by molar-refractivity contribution is 0.0565. The minimum Gasteiger partial charge on any atom is -0.502 e. The zero-order chi connectivity index (χ0) is 21.7. The fraction of sp³-hybridized carbons (Fsp3) is 0.261. The lowest BCUT2D eigenvalue weighted by Gasteiger charge is -2.42. The predicted molar refractivity (Wildman–Crippen MR) is 108 cm³/mol. The summed E-state index contributed by atoms with van der Waals surface area (Å²) in [5.74, 6) is -2.57. The van der Waals surface area contributed by atoms with Crippen LogP contribution < -0.4 is 5.43 Å². The number of carbonyl (C=O) groups excluding carboxylic acids is 1. The molecule has 1 unspecified atom stereocenters. The van der Waals surface area contributed by atoms with Crippen molar-refractivity contribution in [1.82, 2.24) is 14.7 Å². The Morgan fingerprint density at radius 1 is 1.03 bits per heavy atom. The fourth-order valence-electron chi connectivity index (χ4n) is 4.93. The molecule has 1 N–H and O–H groups in total. The van der Waals surface area contributed by atoms with Gasteiger partial charge in [0.2, 0.25) is 5.43 Å². The Kier molecular flexibility index (Phi) is 4.57. The van der Waals surface area contributed by atoms with Crippen molar-refractivity contribution in [2.45, 2.75) is 30.8 Å². The third-order valence-electron chi connectivity index (χ3n) is 6.18. The second kappa shape index (κ2) is 7.30. The second-order valence-corrected chi connectivity index (χ2v) is 7.94. The van der Waals surface area contributed by atoms with Crippen LogP contribution in [0.3, 0.4) is 0 Å². The molecule has 1 fully saturated rings. The number of amides is 1. The molecule has 2 aliphatic rings. The van der Waals surface area contributed by atoms with Gasteiger partial charge >= 0.3 is 0 Å². The van der Waals surface area contributed by atoms with Crippen LogP contribution in [-0.2, 0) is 0 Å². The predicted octanol–water partition coefficient (Wildman–Crippen LogP) is 3.22. The third kappa shape index (κ3) is 3.10. The van der Waals surface area contributed by atoms with E-state index in [1.165, 1.54) is 28.9 Å². The molecule has 2 aliphatic heterocycles. The van der Waals surface area contributed by atoms with E-state index in [1.807, 2.05) is 0 Å². The van der Waals surface area contributed by atoms with E-state index in [4.69, 9.17) is 0 Å². The highest BCUT2D eigenvalue weighted by atomic mass is 19.1. The Bertz CT molecular complexity index is 1200. The molecule has 2 aromatic carbocycles. The average Bonchev–Trinajstić information content (AvgIpc) is 3.23. The first-order valence-corrected chi connectivity index (χ1v) is 10.1. The van der Waals surface area contributed by atoms with E-state index < -0.39 is 40.7 Å². The van der Waals surface area contributed by atoms with Gasteiger partial charge in [-0.05, 0) is 48.2 Å². The summed E-state index contributed by atoms with van der Waals surface area (Å²) in [5.41, 5.74) is 0.239. The largest absolute Gasteiger partial charge is 0.502 e. The first-order chi connectivity index (χ1) is 15.0. The molecule has 0 radical (unpaired) electrons. The molecule has 0 saturated carbocycles. The molecule has 6 nitrogen and oxygen atoms in total. The van der Waals surface area contributed by atoms with Crippen LogP contribution in [0.5, 0.6) is 5.75 Å². The van der Waals surface area contributed by atoms with Gasteiger partial charge in [-0.15, -0.1) is 0 Å². The van der Waals surface area contributed by atoms with Crippen molar-refractivity contribution >= 4 is 5.91 Å². The van der Waals surface area contributed by atoms with Gasteiger partial charge in [-0.2, -0.15) is 5.10 Å². The van der Waals surface area contributed by atoms with Crippen LogP contribution in [0.4, 0.5) is 8.78 Å². The van der Waals surface area contributed by atoms with Crippen LogP contribution in [0.15, 0.2) is 59.5 Å². The normalized spacial score (nSPS) is 20.1. The average molecular weight is 423 g/mol. The molecule has 1 amide bonds. The van der Waals surface area contributed by atoms with Gasteiger partial charge in [-0.3, -0.25) is 14.3 Å². The molecule has 2 atom stereocenters. The summed E-state index contributed by atoms with van der Waals surface area (Å²) in [4.78, 5) is 26.7. The summed E-state index contributed by atoms with van der Waals surface area (Å²) in [5, 5.41) is 14.6. The topological polar surface area (TPSA) is 75.4 Å². The first-order valence-electron chi connectivity index (χ1n) is 10.1. The monoisotopic (exact) mass is 423 g/mol. The van der Waals surface area contributed by atoms with Gasteiger partial charge in [-0.1, -0.05) is 24.3 Å². The number of hydrogen-bond donors (Lipinski definition) is 1. The van der Waals surface area contributed by atoms with Gasteiger partial charge < -0.3 is 10.0 Å². The molecule has 0 spiro atoms. The number of nitrogens with zero attached hydrogens (tertiary/aromatic N) is 3. The van der Waals surface area contributed by atoms with Gasteiger partial charge in [0.15, 0.2) is 11.4 Å². The van der Waals surface area contributed by atoms with E-state index in [0.29, 0.717) is 24.1 Å². The highest BCUT2D eigenvalue weighted by Crippen LogP contribution is 2.45. The molecule has 1 aromatic heterocycles. The lowest BCUT2D eigenvalue weighted by Crippen LogP contribution is -2.50. The Labute approximate surface area is 176 Å². The molecule has 1 saturated heterocycles. The number of aromatic hydroxyl groups is 1. The summed E-state index contributed by atoms with van der Waals surface area (Å²) in [6.45, 7) is 0.474. The second-order valence-electron chi connectivity index (χ2n) is 7.94. The third-order valence-corrected chi connectivity index (χ3v) is 6.18. The SMILES string of the molecule is O=C1c2c(O)c(=O)cnn2C(C(c2cccc(F)c2)c2cccc(F)c2)[C@H]2CCCN12. The van der Waals surface area contributed by atoms with Crippen LogP contribution in [-0.4, -0.2) is 38.3 Å². The van der Waals surface area contributed by atoms with Gasteiger partial charge in [0, 0.05) is 12.5 Å². The highest BCUT2D eigenvalue weighted by molar-refractivity contribution is 5.96. The zero-order valence-corrected chi connectivity index (χ0v) is 16.4. The number of fused-ring (bicyclic) bond motifs is 2. The van der Waals surface area contributed by atoms with E-state index >= 15 is 0 Å². The van der Waals surface area contributed by atoms with Crippen LogP contribution in [0.2, 0.25) is 0 Å². The maximum Gasteiger partial charge on any atom is 0.276 e. The molecule has 3 heterocycles. The molecular weight excluding hydrogens is 404 g/mol. The minimum atomic E-state index is -0.746. The molecule has 31 heavy (non-hydrogen) atoms. The van der Waals surface area contributed by atoms with E-state index in [2.05, 4.69) is 5.10 Å². The summed E-state index contributed by atoms with van der Waals surface area (Å²) >= 11 is 0. The molecule has 158 valence electrons. The summed E-state index contributed by atoms with van der Waals surface area (Å²) in [7, 11) is 0. The Morgan fingerprint density at radius 3 is 2.29 bits per heavy atom. The summed E-state index contributed by atoms with van der Waals surface area (Å²) in [6, 6.07) is 11.2. The van der Waals surface area contributed by atoms with Crippen LogP contribution in [0, 0.1) is 11.6 Å². The van der Waals surface area contributed by atoms with Crippen molar-refractivity contribution < 1.29 is 18.7 Å². The zero-order valence-electron chi connectivity index (χ0n) is 16.4. The molecule has 8 heteroatoms. The number of aromatic nitrogens is 2. The molecular formula is C23H19F2N3O3. The number of rotatable bonds is 3. The maximum atomic E-state index is 14.2. The molecule has 0 bridgehead atoms. The van der Waals surface area contributed by atoms with Gasteiger partial charge in [0.05, 0.1) is 18.3 Å². The van der Waals surface area contributed by atoms with Crippen LogP contribution >= 0.6 is 0 Å². The van der Waals surface area contributed by atoms with Gasteiger partial charge in [0.1, 0.15) is 11.6 Å². The standard InChI is InChI=1S/C23H19F2N3O3/c24-15-6-1-4-13(10-15)19(14-5-2-7-16(25)11-14)20-17-8-3-9-27(17)23(31)21-22(30)18(29)12-26-28(20)21/h1-2,4-7,10-12,17,19-20,30H,3,8-9H2/t17-,20?/m1/s1. The van der Waals surface area contributed by atoms with Crippen molar-refractivity contribution in [2.75, 3.05) is 6.54 Å². The van der Waals surface area contributed by atoms with Crippen LogP contribution in [0.25, 0.3) is 0 Å². The number of carbonyl (C=O) groups is 1. The Balaban J connectivity index is 1.79. The summed E-state index contributed by atoms with van der Waals surface area (Å²) < 4.78 is 29.7. The lowest BCUT2D eigenvalue weighted by atomic mass is 9.80. The van der Waals surface area contributed by atoms with Crippen molar-refractivity contribution in [3.63, 3.8) is 0 Å². The van der Waals surface area contributed by atoms with Crippen molar-refractivity contribution in [3.8, 4) is 5.75 Å². The van der Waals surface area contributed by atoms with E-state index in [1.54, 1.807) is 29.2 Å². The Hall–Kier alpha value is -3.55. The quantitative estimate of drug-likeness (QED) is 0.702. The van der Waals surface area contributed by atoms with Gasteiger partial charge in [0.25, 0.3) is 5.91 Å². The first kappa shape index (κ1) is 19.4.